The SMILES string of the molecule is CC(NC(=O)CCCOc1ccc(C(C)(C)C)cc1)c1ccccc1. The van der Waals surface area contributed by atoms with Gasteiger partial charge in [0, 0.05) is 6.42 Å². The molecule has 134 valence electrons. The quantitative estimate of drug-likeness (QED) is 0.719. The molecular formula is C22H29NO2. The van der Waals surface area contributed by atoms with Gasteiger partial charge in [-0.25, -0.2) is 0 Å². The zero-order valence-corrected chi connectivity index (χ0v) is 15.7. The topological polar surface area (TPSA) is 38.3 Å². The van der Waals surface area contributed by atoms with Crippen LogP contribution in [0.2, 0.25) is 0 Å². The van der Waals surface area contributed by atoms with Gasteiger partial charge in [-0.3, -0.25) is 4.79 Å². The van der Waals surface area contributed by atoms with Gasteiger partial charge in [0.25, 0.3) is 0 Å². The molecule has 1 amide bonds. The maximum absolute atomic E-state index is 12.0. The molecule has 2 aromatic carbocycles. The fourth-order valence-electron chi connectivity index (χ4n) is 2.61. The Hall–Kier alpha value is -2.29. The van der Waals surface area contributed by atoms with Gasteiger partial charge in [-0.1, -0.05) is 63.2 Å². The summed E-state index contributed by atoms with van der Waals surface area (Å²) in [5.41, 5.74) is 2.55. The molecule has 0 aliphatic rings. The van der Waals surface area contributed by atoms with Crippen LogP contribution >= 0.6 is 0 Å². The number of hydrogen-bond acceptors (Lipinski definition) is 2. The van der Waals surface area contributed by atoms with Gasteiger partial charge in [0.1, 0.15) is 5.75 Å². The molecule has 1 unspecified atom stereocenters. The Bertz CT molecular complexity index is 657. The lowest BCUT2D eigenvalue weighted by Gasteiger charge is -2.19. The van der Waals surface area contributed by atoms with Gasteiger partial charge in [0.15, 0.2) is 0 Å². The Balaban J connectivity index is 1.69. The van der Waals surface area contributed by atoms with Crippen LogP contribution in [0.25, 0.3) is 0 Å². The van der Waals surface area contributed by atoms with Crippen molar-refractivity contribution in [1.29, 1.82) is 0 Å². The van der Waals surface area contributed by atoms with Crippen LogP contribution in [0.3, 0.4) is 0 Å². The number of hydrogen-bond donors (Lipinski definition) is 1. The summed E-state index contributed by atoms with van der Waals surface area (Å²) in [5.74, 6) is 0.911. The van der Waals surface area contributed by atoms with E-state index in [1.807, 2.05) is 49.4 Å². The van der Waals surface area contributed by atoms with Gasteiger partial charge in [-0.2, -0.15) is 0 Å². The lowest BCUT2D eigenvalue weighted by molar-refractivity contribution is -0.121. The van der Waals surface area contributed by atoms with Gasteiger partial charge in [-0.05, 0) is 42.0 Å². The predicted molar refractivity (Wildman–Crippen MR) is 103 cm³/mol. The molecular weight excluding hydrogens is 310 g/mol. The Labute approximate surface area is 151 Å². The summed E-state index contributed by atoms with van der Waals surface area (Å²) >= 11 is 0. The highest BCUT2D eigenvalue weighted by Crippen LogP contribution is 2.24. The Kier molecular flexibility index (Phi) is 6.63. The molecule has 0 bridgehead atoms. The van der Waals surface area contributed by atoms with Crippen LogP contribution in [0, 0.1) is 0 Å². The highest BCUT2D eigenvalue weighted by atomic mass is 16.5. The fourth-order valence-corrected chi connectivity index (χ4v) is 2.61. The number of benzene rings is 2. The van der Waals surface area contributed by atoms with Crippen molar-refractivity contribution in [2.45, 2.75) is 52.0 Å². The van der Waals surface area contributed by atoms with Crippen molar-refractivity contribution >= 4 is 5.91 Å². The number of ether oxygens (including phenoxy) is 1. The first-order chi connectivity index (χ1) is 11.9. The summed E-state index contributed by atoms with van der Waals surface area (Å²) in [6, 6.07) is 18.2. The third-order valence-corrected chi connectivity index (χ3v) is 4.21. The molecule has 3 heteroatoms. The van der Waals surface area contributed by atoms with E-state index in [-0.39, 0.29) is 17.4 Å². The summed E-state index contributed by atoms with van der Waals surface area (Å²) in [5, 5.41) is 3.02. The smallest absolute Gasteiger partial charge is 0.220 e. The van der Waals surface area contributed by atoms with Crippen LogP contribution in [0.1, 0.15) is 57.7 Å². The third-order valence-electron chi connectivity index (χ3n) is 4.21. The van der Waals surface area contributed by atoms with Crippen molar-refractivity contribution in [2.75, 3.05) is 6.61 Å². The van der Waals surface area contributed by atoms with E-state index in [2.05, 4.69) is 38.2 Å². The van der Waals surface area contributed by atoms with Crippen molar-refractivity contribution in [1.82, 2.24) is 5.32 Å². The van der Waals surface area contributed by atoms with E-state index in [1.165, 1.54) is 5.56 Å². The van der Waals surface area contributed by atoms with Crippen LogP contribution in [0.4, 0.5) is 0 Å². The summed E-state index contributed by atoms with van der Waals surface area (Å²) < 4.78 is 5.73. The van der Waals surface area contributed by atoms with E-state index in [0.29, 0.717) is 19.4 Å². The zero-order valence-electron chi connectivity index (χ0n) is 15.7. The number of rotatable bonds is 7. The highest BCUT2D eigenvalue weighted by molar-refractivity contribution is 5.76. The molecule has 0 saturated heterocycles. The van der Waals surface area contributed by atoms with Crippen LogP contribution in [-0.2, 0) is 10.2 Å². The molecule has 3 nitrogen and oxygen atoms in total. The van der Waals surface area contributed by atoms with E-state index < -0.39 is 0 Å². The van der Waals surface area contributed by atoms with Crippen molar-refractivity contribution in [2.24, 2.45) is 0 Å². The van der Waals surface area contributed by atoms with Gasteiger partial charge in [-0.15, -0.1) is 0 Å². The van der Waals surface area contributed by atoms with Crippen LogP contribution in [-0.4, -0.2) is 12.5 Å². The molecule has 0 spiro atoms. The maximum atomic E-state index is 12.0. The average molecular weight is 339 g/mol. The maximum Gasteiger partial charge on any atom is 0.220 e. The van der Waals surface area contributed by atoms with E-state index in [4.69, 9.17) is 4.74 Å². The Morgan fingerprint density at radius 3 is 2.28 bits per heavy atom. The Morgan fingerprint density at radius 1 is 1.04 bits per heavy atom. The van der Waals surface area contributed by atoms with Crippen LogP contribution < -0.4 is 10.1 Å². The molecule has 25 heavy (non-hydrogen) atoms. The average Bonchev–Trinajstić information content (AvgIpc) is 2.59. The second-order valence-electron chi connectivity index (χ2n) is 7.43. The summed E-state index contributed by atoms with van der Waals surface area (Å²) in [7, 11) is 0. The lowest BCUT2D eigenvalue weighted by atomic mass is 9.87. The lowest BCUT2D eigenvalue weighted by Crippen LogP contribution is -2.26. The summed E-state index contributed by atoms with van der Waals surface area (Å²) in [6.45, 7) is 9.12. The molecule has 0 radical (unpaired) electrons. The summed E-state index contributed by atoms with van der Waals surface area (Å²) in [6.07, 6.45) is 1.17. The predicted octanol–water partition coefficient (Wildman–Crippen LogP) is 5.02. The minimum absolute atomic E-state index is 0.0274. The van der Waals surface area contributed by atoms with Crippen molar-refractivity contribution < 1.29 is 9.53 Å². The first-order valence-electron chi connectivity index (χ1n) is 8.94. The normalized spacial score (nSPS) is 12.5. The van der Waals surface area contributed by atoms with Crippen molar-refractivity contribution in [3.8, 4) is 5.75 Å². The molecule has 0 fully saturated rings. The number of carbonyl (C=O) groups is 1. The first kappa shape index (κ1) is 19.0. The van der Waals surface area contributed by atoms with Gasteiger partial charge < -0.3 is 10.1 Å². The molecule has 0 aromatic heterocycles. The van der Waals surface area contributed by atoms with E-state index in [9.17, 15) is 4.79 Å². The number of amides is 1. The molecule has 0 heterocycles. The largest absolute Gasteiger partial charge is 0.494 e. The molecule has 1 N–H and O–H groups in total. The number of nitrogens with one attached hydrogen (secondary N) is 1. The second-order valence-corrected chi connectivity index (χ2v) is 7.43. The Morgan fingerprint density at radius 2 is 1.68 bits per heavy atom. The molecule has 1 atom stereocenters. The fraction of sp³-hybridized carbons (Fsp3) is 0.409. The van der Waals surface area contributed by atoms with Gasteiger partial charge in [0.2, 0.25) is 5.91 Å². The van der Waals surface area contributed by atoms with E-state index >= 15 is 0 Å². The van der Waals surface area contributed by atoms with Crippen molar-refractivity contribution in [3.05, 3.63) is 65.7 Å². The molecule has 2 aromatic rings. The minimum Gasteiger partial charge on any atom is -0.494 e. The van der Waals surface area contributed by atoms with Crippen LogP contribution in [0.15, 0.2) is 54.6 Å². The van der Waals surface area contributed by atoms with E-state index in [1.54, 1.807) is 0 Å². The van der Waals surface area contributed by atoms with Gasteiger partial charge in [0.05, 0.1) is 12.6 Å². The molecule has 2 rings (SSSR count). The molecule has 0 saturated carbocycles. The van der Waals surface area contributed by atoms with Gasteiger partial charge >= 0.3 is 0 Å². The van der Waals surface area contributed by atoms with Crippen LogP contribution in [0.5, 0.6) is 5.75 Å². The molecule has 0 aliphatic heterocycles. The summed E-state index contributed by atoms with van der Waals surface area (Å²) in [4.78, 5) is 12.0. The molecule has 0 aliphatic carbocycles. The van der Waals surface area contributed by atoms with Crippen molar-refractivity contribution in [3.63, 3.8) is 0 Å². The second kappa shape index (κ2) is 8.70. The standard InChI is InChI=1S/C22H29NO2/c1-17(18-9-6-5-7-10-18)23-21(24)11-8-16-25-20-14-12-19(13-15-20)22(2,3)4/h5-7,9-10,12-15,17H,8,11,16H2,1-4H3,(H,23,24). The van der Waals surface area contributed by atoms with E-state index in [0.717, 1.165) is 11.3 Å². The minimum atomic E-state index is 0.0274. The monoisotopic (exact) mass is 339 g/mol. The third kappa shape index (κ3) is 6.26. The highest BCUT2D eigenvalue weighted by Gasteiger charge is 2.13. The number of carbonyl (C=O) groups excluding carboxylic acids is 1. The first-order valence-corrected chi connectivity index (χ1v) is 8.94. The zero-order chi connectivity index (χ0) is 18.3.